The standard InChI is InChI=1S/C19H23BrN2O4S/c1-5-12(2)22-11-16(18(23)17(20)13(22)3)19(24)21-10-14-6-8-15(9-7-14)27(4,25)26/h6-9,11-12H,5,10H2,1-4H3,(H,21,24)/t12-/m1/s1. The van der Waals surface area contributed by atoms with E-state index in [1.54, 1.807) is 18.3 Å². The fourth-order valence-corrected chi connectivity index (χ4v) is 3.69. The number of halogens is 1. The molecule has 0 unspecified atom stereocenters. The first-order valence-electron chi connectivity index (χ1n) is 8.54. The number of rotatable bonds is 6. The van der Waals surface area contributed by atoms with Crippen molar-refractivity contribution in [3.63, 3.8) is 0 Å². The van der Waals surface area contributed by atoms with E-state index in [2.05, 4.69) is 21.2 Å². The molecule has 0 aliphatic carbocycles. The van der Waals surface area contributed by atoms with Gasteiger partial charge in [0.15, 0.2) is 9.84 Å². The van der Waals surface area contributed by atoms with Crippen LogP contribution in [-0.4, -0.2) is 25.1 Å². The van der Waals surface area contributed by atoms with E-state index >= 15 is 0 Å². The summed E-state index contributed by atoms with van der Waals surface area (Å²) in [4.78, 5) is 25.2. The summed E-state index contributed by atoms with van der Waals surface area (Å²) in [5, 5.41) is 2.72. The van der Waals surface area contributed by atoms with Crippen LogP contribution in [0.4, 0.5) is 0 Å². The van der Waals surface area contributed by atoms with Crippen molar-refractivity contribution < 1.29 is 13.2 Å². The number of benzene rings is 1. The van der Waals surface area contributed by atoms with Crippen LogP contribution in [0.1, 0.15) is 47.9 Å². The van der Waals surface area contributed by atoms with Crippen LogP contribution in [0.15, 0.2) is 44.6 Å². The van der Waals surface area contributed by atoms with Crippen LogP contribution in [-0.2, 0) is 16.4 Å². The smallest absolute Gasteiger partial charge is 0.257 e. The summed E-state index contributed by atoms with van der Waals surface area (Å²) in [6, 6.07) is 6.42. The average molecular weight is 455 g/mol. The highest BCUT2D eigenvalue weighted by Gasteiger charge is 2.18. The third-order valence-electron chi connectivity index (χ3n) is 4.53. The number of nitrogens with one attached hydrogen (secondary N) is 1. The number of aromatic nitrogens is 1. The number of hydrogen-bond donors (Lipinski definition) is 1. The van der Waals surface area contributed by atoms with Gasteiger partial charge in [0.2, 0.25) is 5.43 Å². The van der Waals surface area contributed by atoms with E-state index in [0.717, 1.165) is 23.9 Å². The summed E-state index contributed by atoms with van der Waals surface area (Å²) < 4.78 is 25.3. The van der Waals surface area contributed by atoms with Crippen LogP contribution in [0.5, 0.6) is 0 Å². The zero-order chi connectivity index (χ0) is 20.4. The van der Waals surface area contributed by atoms with Gasteiger partial charge in [-0.1, -0.05) is 19.1 Å². The molecule has 0 spiro atoms. The maximum absolute atomic E-state index is 12.6. The molecule has 6 nitrogen and oxygen atoms in total. The molecular formula is C19H23BrN2O4S. The minimum absolute atomic E-state index is 0.0699. The van der Waals surface area contributed by atoms with Gasteiger partial charge in [-0.05, 0) is 53.9 Å². The molecule has 1 N–H and O–H groups in total. The van der Waals surface area contributed by atoms with E-state index in [1.165, 1.54) is 12.1 Å². The molecule has 0 bridgehead atoms. The van der Waals surface area contributed by atoms with Crippen molar-refractivity contribution in [2.75, 3.05) is 6.26 Å². The molecule has 1 aromatic heterocycles. The van der Waals surface area contributed by atoms with Crippen molar-refractivity contribution in [3.05, 3.63) is 62.0 Å². The quantitative estimate of drug-likeness (QED) is 0.725. The molecule has 2 rings (SSSR count). The summed E-state index contributed by atoms with van der Waals surface area (Å²) in [7, 11) is -3.26. The normalized spacial score (nSPS) is 12.6. The molecule has 8 heteroatoms. The van der Waals surface area contributed by atoms with Gasteiger partial charge in [0, 0.05) is 30.7 Å². The first-order chi connectivity index (χ1) is 12.6. The minimum Gasteiger partial charge on any atom is -0.348 e. The molecule has 0 radical (unpaired) electrons. The van der Waals surface area contributed by atoms with E-state index in [4.69, 9.17) is 0 Å². The highest BCUT2D eigenvalue weighted by atomic mass is 79.9. The number of hydrogen-bond acceptors (Lipinski definition) is 4. The lowest BCUT2D eigenvalue weighted by molar-refractivity contribution is 0.0948. The van der Waals surface area contributed by atoms with E-state index < -0.39 is 15.7 Å². The third kappa shape index (κ3) is 4.87. The van der Waals surface area contributed by atoms with Crippen LogP contribution in [0.2, 0.25) is 0 Å². The molecule has 146 valence electrons. The first-order valence-corrected chi connectivity index (χ1v) is 11.2. The maximum atomic E-state index is 12.6. The zero-order valence-electron chi connectivity index (χ0n) is 15.7. The summed E-state index contributed by atoms with van der Waals surface area (Å²) in [5.41, 5.74) is 1.24. The van der Waals surface area contributed by atoms with Crippen molar-refractivity contribution >= 4 is 31.7 Å². The third-order valence-corrected chi connectivity index (χ3v) is 6.59. The van der Waals surface area contributed by atoms with Gasteiger partial charge < -0.3 is 9.88 Å². The average Bonchev–Trinajstić information content (AvgIpc) is 2.63. The fourth-order valence-electron chi connectivity index (χ4n) is 2.64. The van der Waals surface area contributed by atoms with Gasteiger partial charge in [-0.25, -0.2) is 8.42 Å². The highest BCUT2D eigenvalue weighted by Crippen LogP contribution is 2.19. The maximum Gasteiger partial charge on any atom is 0.257 e. The second kappa shape index (κ2) is 8.39. The van der Waals surface area contributed by atoms with Gasteiger partial charge in [0.05, 0.1) is 9.37 Å². The molecule has 1 heterocycles. The van der Waals surface area contributed by atoms with Crippen LogP contribution in [0.3, 0.4) is 0 Å². The lowest BCUT2D eigenvalue weighted by atomic mass is 10.1. The fraction of sp³-hybridized carbons (Fsp3) is 0.368. The Labute approximate surface area is 167 Å². The van der Waals surface area contributed by atoms with Crippen LogP contribution >= 0.6 is 15.9 Å². The Kier molecular flexibility index (Phi) is 6.64. The Morgan fingerprint density at radius 1 is 1.26 bits per heavy atom. The van der Waals surface area contributed by atoms with E-state index in [9.17, 15) is 18.0 Å². The predicted molar refractivity (Wildman–Crippen MR) is 109 cm³/mol. The SMILES string of the molecule is CC[C@@H](C)n1cc(C(=O)NCc2ccc(S(C)(=O)=O)cc2)c(=O)c(Br)c1C. The van der Waals surface area contributed by atoms with Crippen molar-refractivity contribution in [2.24, 2.45) is 0 Å². The molecule has 27 heavy (non-hydrogen) atoms. The molecule has 1 atom stereocenters. The predicted octanol–water partition coefficient (Wildman–Crippen LogP) is 3.22. The zero-order valence-corrected chi connectivity index (χ0v) is 18.1. The Hall–Kier alpha value is -1.93. The number of carbonyl (C=O) groups excluding carboxylic acids is 1. The molecule has 0 fully saturated rings. The van der Waals surface area contributed by atoms with E-state index in [-0.39, 0.29) is 28.5 Å². The van der Waals surface area contributed by atoms with Gasteiger partial charge in [-0.15, -0.1) is 0 Å². The van der Waals surface area contributed by atoms with Gasteiger partial charge in [-0.2, -0.15) is 0 Å². The van der Waals surface area contributed by atoms with Gasteiger partial charge >= 0.3 is 0 Å². The minimum atomic E-state index is -3.26. The molecule has 0 saturated heterocycles. The largest absolute Gasteiger partial charge is 0.348 e. The van der Waals surface area contributed by atoms with Crippen LogP contribution < -0.4 is 10.7 Å². The van der Waals surface area contributed by atoms with Crippen LogP contribution in [0, 0.1) is 6.92 Å². The summed E-state index contributed by atoms with van der Waals surface area (Å²) in [6.45, 7) is 6.09. The molecule has 0 aliphatic heterocycles. The van der Waals surface area contributed by atoms with Gasteiger partial charge in [0.25, 0.3) is 5.91 Å². The topological polar surface area (TPSA) is 85.2 Å². The monoisotopic (exact) mass is 454 g/mol. The lowest BCUT2D eigenvalue weighted by Gasteiger charge is -2.19. The van der Waals surface area contributed by atoms with Crippen LogP contribution in [0.25, 0.3) is 0 Å². The molecule has 0 saturated carbocycles. The molecule has 2 aromatic rings. The van der Waals surface area contributed by atoms with Crippen molar-refractivity contribution in [3.8, 4) is 0 Å². The number of amides is 1. The number of carbonyl (C=O) groups is 1. The Morgan fingerprint density at radius 3 is 2.37 bits per heavy atom. The summed E-state index contributed by atoms with van der Waals surface area (Å²) in [6.07, 6.45) is 3.60. The molecular weight excluding hydrogens is 432 g/mol. The lowest BCUT2D eigenvalue weighted by Crippen LogP contribution is -2.30. The van der Waals surface area contributed by atoms with E-state index in [1.807, 2.05) is 25.3 Å². The molecule has 1 amide bonds. The second-order valence-electron chi connectivity index (χ2n) is 6.53. The number of sulfone groups is 1. The highest BCUT2D eigenvalue weighted by molar-refractivity contribution is 9.10. The van der Waals surface area contributed by atoms with Crippen molar-refractivity contribution in [1.29, 1.82) is 0 Å². The van der Waals surface area contributed by atoms with Gasteiger partial charge in [-0.3, -0.25) is 9.59 Å². The van der Waals surface area contributed by atoms with Crippen molar-refractivity contribution in [1.82, 2.24) is 9.88 Å². The van der Waals surface area contributed by atoms with Gasteiger partial charge in [0.1, 0.15) is 5.56 Å². The summed E-state index contributed by atoms with van der Waals surface area (Å²) >= 11 is 3.30. The first kappa shape index (κ1) is 21.4. The summed E-state index contributed by atoms with van der Waals surface area (Å²) in [5.74, 6) is -0.468. The molecule has 1 aromatic carbocycles. The molecule has 0 aliphatic rings. The Bertz CT molecular complexity index is 1010. The Morgan fingerprint density at radius 2 is 1.85 bits per heavy atom. The second-order valence-corrected chi connectivity index (χ2v) is 9.34. The number of nitrogens with zero attached hydrogens (tertiary/aromatic N) is 1. The van der Waals surface area contributed by atoms with Crippen molar-refractivity contribution in [2.45, 2.75) is 44.7 Å². The Balaban J connectivity index is 2.23. The van der Waals surface area contributed by atoms with E-state index in [0.29, 0.717) is 4.47 Å². The number of pyridine rings is 1.